The Labute approximate surface area is 90.4 Å². The summed E-state index contributed by atoms with van der Waals surface area (Å²) >= 11 is 8.72. The SMILES string of the molecule is O=C(CCl)NCc1ccccc1Br. The van der Waals surface area contributed by atoms with Crippen molar-refractivity contribution in [2.24, 2.45) is 0 Å². The van der Waals surface area contributed by atoms with Crippen LogP contribution in [0.1, 0.15) is 5.56 Å². The third-order valence-electron chi connectivity index (χ3n) is 1.56. The van der Waals surface area contributed by atoms with Crippen molar-refractivity contribution < 1.29 is 4.79 Å². The summed E-state index contributed by atoms with van der Waals surface area (Å²) in [6, 6.07) is 7.73. The molecule has 0 aliphatic rings. The van der Waals surface area contributed by atoms with E-state index in [0.29, 0.717) is 6.54 Å². The van der Waals surface area contributed by atoms with Crippen LogP contribution in [0.2, 0.25) is 0 Å². The van der Waals surface area contributed by atoms with Crippen LogP contribution in [0.15, 0.2) is 28.7 Å². The second kappa shape index (κ2) is 5.25. The molecule has 1 amide bonds. The number of benzene rings is 1. The molecular weight excluding hydrogens is 253 g/mol. The summed E-state index contributed by atoms with van der Waals surface area (Å²) in [7, 11) is 0. The maximum atomic E-state index is 10.8. The van der Waals surface area contributed by atoms with Crippen molar-refractivity contribution >= 4 is 33.4 Å². The first-order chi connectivity index (χ1) is 6.24. The van der Waals surface area contributed by atoms with Gasteiger partial charge in [-0.15, -0.1) is 11.6 Å². The van der Waals surface area contributed by atoms with Gasteiger partial charge in [0.15, 0.2) is 0 Å². The van der Waals surface area contributed by atoms with Crippen molar-refractivity contribution in [3.63, 3.8) is 0 Å². The minimum absolute atomic E-state index is 0.00442. The molecule has 1 aromatic carbocycles. The number of hydrogen-bond donors (Lipinski definition) is 1. The molecule has 0 aromatic heterocycles. The van der Waals surface area contributed by atoms with Crippen LogP contribution < -0.4 is 5.32 Å². The lowest BCUT2D eigenvalue weighted by Gasteiger charge is -2.04. The first-order valence-corrected chi connectivity index (χ1v) is 5.13. The van der Waals surface area contributed by atoms with Crippen LogP contribution in [0.3, 0.4) is 0 Å². The Morgan fingerprint density at radius 1 is 1.46 bits per heavy atom. The normalized spacial score (nSPS) is 9.69. The van der Waals surface area contributed by atoms with Gasteiger partial charge in [0.2, 0.25) is 5.91 Å². The minimum Gasteiger partial charge on any atom is -0.351 e. The molecule has 0 atom stereocenters. The van der Waals surface area contributed by atoms with E-state index in [4.69, 9.17) is 11.6 Å². The van der Waals surface area contributed by atoms with E-state index in [-0.39, 0.29) is 11.8 Å². The van der Waals surface area contributed by atoms with E-state index >= 15 is 0 Å². The molecule has 70 valence electrons. The van der Waals surface area contributed by atoms with Crippen LogP contribution in [0.5, 0.6) is 0 Å². The topological polar surface area (TPSA) is 29.1 Å². The van der Waals surface area contributed by atoms with Crippen LogP contribution >= 0.6 is 27.5 Å². The average molecular weight is 263 g/mol. The molecule has 13 heavy (non-hydrogen) atoms. The molecule has 0 fully saturated rings. The van der Waals surface area contributed by atoms with Gasteiger partial charge in [0.1, 0.15) is 5.88 Å². The highest BCUT2D eigenvalue weighted by atomic mass is 79.9. The monoisotopic (exact) mass is 261 g/mol. The molecule has 0 radical (unpaired) electrons. The second-order valence-electron chi connectivity index (χ2n) is 2.50. The lowest BCUT2D eigenvalue weighted by atomic mass is 10.2. The third-order valence-corrected chi connectivity index (χ3v) is 2.57. The largest absolute Gasteiger partial charge is 0.351 e. The van der Waals surface area contributed by atoms with Crippen molar-refractivity contribution in [2.45, 2.75) is 6.54 Å². The summed E-state index contributed by atoms with van der Waals surface area (Å²) in [6.45, 7) is 0.507. The van der Waals surface area contributed by atoms with E-state index in [2.05, 4.69) is 21.2 Å². The number of rotatable bonds is 3. The number of carbonyl (C=O) groups excluding carboxylic acids is 1. The summed E-state index contributed by atoms with van der Waals surface area (Å²) in [5.74, 6) is -0.151. The highest BCUT2D eigenvalue weighted by molar-refractivity contribution is 9.10. The predicted molar refractivity (Wildman–Crippen MR) is 56.7 cm³/mol. The molecule has 0 unspecified atom stereocenters. The van der Waals surface area contributed by atoms with Crippen molar-refractivity contribution in [3.05, 3.63) is 34.3 Å². The standard InChI is InChI=1S/C9H9BrClNO/c10-8-4-2-1-3-7(8)6-12-9(13)5-11/h1-4H,5-6H2,(H,12,13). The number of hydrogen-bond acceptors (Lipinski definition) is 1. The summed E-state index contributed by atoms with van der Waals surface area (Å²) in [5, 5.41) is 2.69. The Morgan fingerprint density at radius 2 is 2.15 bits per heavy atom. The number of nitrogens with one attached hydrogen (secondary N) is 1. The van der Waals surface area contributed by atoms with E-state index in [1.54, 1.807) is 0 Å². The molecule has 0 saturated heterocycles. The summed E-state index contributed by atoms with van der Waals surface area (Å²) in [4.78, 5) is 10.8. The molecular formula is C9H9BrClNO. The van der Waals surface area contributed by atoms with Crippen molar-refractivity contribution in [2.75, 3.05) is 5.88 Å². The molecule has 1 rings (SSSR count). The number of carbonyl (C=O) groups is 1. The van der Waals surface area contributed by atoms with Crippen LogP contribution in [-0.4, -0.2) is 11.8 Å². The van der Waals surface area contributed by atoms with Crippen LogP contribution in [0.4, 0.5) is 0 Å². The van der Waals surface area contributed by atoms with Crippen LogP contribution in [0.25, 0.3) is 0 Å². The smallest absolute Gasteiger partial charge is 0.235 e. The fraction of sp³-hybridized carbons (Fsp3) is 0.222. The second-order valence-corrected chi connectivity index (χ2v) is 3.62. The van der Waals surface area contributed by atoms with Crippen molar-refractivity contribution in [1.82, 2.24) is 5.32 Å². The van der Waals surface area contributed by atoms with Gasteiger partial charge >= 0.3 is 0 Å². The summed E-state index contributed by atoms with van der Waals surface area (Å²) < 4.78 is 0.991. The fourth-order valence-electron chi connectivity index (χ4n) is 0.883. The van der Waals surface area contributed by atoms with E-state index < -0.39 is 0 Å². The quantitative estimate of drug-likeness (QED) is 0.832. The third kappa shape index (κ3) is 3.36. The molecule has 0 aliphatic carbocycles. The Bertz CT molecular complexity index is 303. The Kier molecular flexibility index (Phi) is 4.25. The molecule has 0 heterocycles. The van der Waals surface area contributed by atoms with Gasteiger partial charge in [0, 0.05) is 11.0 Å². The molecule has 0 bridgehead atoms. The van der Waals surface area contributed by atoms with Crippen molar-refractivity contribution in [1.29, 1.82) is 0 Å². The molecule has 0 aliphatic heterocycles. The lowest BCUT2D eigenvalue weighted by Crippen LogP contribution is -2.23. The molecule has 0 spiro atoms. The van der Waals surface area contributed by atoms with E-state index in [9.17, 15) is 4.79 Å². The van der Waals surface area contributed by atoms with E-state index in [0.717, 1.165) is 10.0 Å². The van der Waals surface area contributed by atoms with Gasteiger partial charge in [-0.05, 0) is 11.6 Å². The summed E-state index contributed by atoms with van der Waals surface area (Å²) in [6.07, 6.45) is 0. The van der Waals surface area contributed by atoms with Gasteiger partial charge in [-0.3, -0.25) is 4.79 Å². The zero-order chi connectivity index (χ0) is 9.68. The average Bonchev–Trinajstić information content (AvgIpc) is 2.16. The Hall–Kier alpha value is -0.540. The zero-order valence-electron chi connectivity index (χ0n) is 6.89. The molecule has 0 saturated carbocycles. The minimum atomic E-state index is -0.155. The summed E-state index contributed by atoms with van der Waals surface area (Å²) in [5.41, 5.74) is 1.04. The number of alkyl halides is 1. The zero-order valence-corrected chi connectivity index (χ0v) is 9.23. The fourth-order valence-corrected chi connectivity index (χ4v) is 1.40. The highest BCUT2D eigenvalue weighted by Gasteiger charge is 2.00. The molecule has 4 heteroatoms. The maximum absolute atomic E-state index is 10.8. The number of halogens is 2. The first-order valence-electron chi connectivity index (χ1n) is 3.80. The molecule has 2 nitrogen and oxygen atoms in total. The van der Waals surface area contributed by atoms with Gasteiger partial charge < -0.3 is 5.32 Å². The van der Waals surface area contributed by atoms with Crippen LogP contribution in [0, 0.1) is 0 Å². The van der Waals surface area contributed by atoms with Crippen molar-refractivity contribution in [3.8, 4) is 0 Å². The van der Waals surface area contributed by atoms with Crippen LogP contribution in [-0.2, 0) is 11.3 Å². The Morgan fingerprint density at radius 3 is 2.77 bits per heavy atom. The van der Waals surface area contributed by atoms with Gasteiger partial charge in [0.25, 0.3) is 0 Å². The van der Waals surface area contributed by atoms with Gasteiger partial charge in [-0.25, -0.2) is 0 Å². The first kappa shape index (κ1) is 10.5. The molecule has 1 aromatic rings. The maximum Gasteiger partial charge on any atom is 0.235 e. The van der Waals surface area contributed by atoms with E-state index in [1.165, 1.54) is 0 Å². The predicted octanol–water partition coefficient (Wildman–Crippen LogP) is 2.30. The van der Waals surface area contributed by atoms with Gasteiger partial charge in [-0.2, -0.15) is 0 Å². The highest BCUT2D eigenvalue weighted by Crippen LogP contribution is 2.15. The number of amides is 1. The van der Waals surface area contributed by atoms with Gasteiger partial charge in [0.05, 0.1) is 0 Å². The van der Waals surface area contributed by atoms with E-state index in [1.807, 2.05) is 24.3 Å². The lowest BCUT2D eigenvalue weighted by molar-refractivity contribution is -0.118. The Balaban J connectivity index is 2.54. The van der Waals surface area contributed by atoms with Gasteiger partial charge in [-0.1, -0.05) is 34.1 Å². The molecule has 1 N–H and O–H groups in total.